The summed E-state index contributed by atoms with van der Waals surface area (Å²) in [4.78, 5) is 12.2. The van der Waals surface area contributed by atoms with Gasteiger partial charge in [0.2, 0.25) is 5.91 Å². The van der Waals surface area contributed by atoms with Crippen LogP contribution in [0.1, 0.15) is 38.3 Å². The molecule has 27 heavy (non-hydrogen) atoms. The Morgan fingerprint density at radius 1 is 1.04 bits per heavy atom. The van der Waals surface area contributed by atoms with Crippen molar-refractivity contribution < 1.29 is 14.3 Å². The van der Waals surface area contributed by atoms with Gasteiger partial charge < -0.3 is 9.47 Å². The molecular formula is C22H28N2O3. The van der Waals surface area contributed by atoms with E-state index in [1.54, 1.807) is 26.4 Å². The molecule has 0 atom stereocenters. The summed E-state index contributed by atoms with van der Waals surface area (Å²) in [6, 6.07) is 15.7. The maximum atomic E-state index is 12.2. The zero-order valence-corrected chi connectivity index (χ0v) is 16.7. The first kappa shape index (κ1) is 20.5. The lowest BCUT2D eigenvalue weighted by Crippen LogP contribution is -2.25. The Hall–Kier alpha value is -2.82. The van der Waals surface area contributed by atoms with E-state index in [1.165, 1.54) is 5.56 Å². The number of hydrogen-bond acceptors (Lipinski definition) is 4. The molecule has 0 saturated carbocycles. The average molecular weight is 368 g/mol. The molecule has 5 nitrogen and oxygen atoms in total. The second kappa shape index (κ2) is 9.21. The number of carbonyl (C=O) groups is 1. The molecule has 0 heterocycles. The number of methoxy groups -OCH3 is 2. The molecule has 1 amide bonds. The Morgan fingerprint density at radius 2 is 1.70 bits per heavy atom. The number of carbonyl (C=O) groups excluding carboxylic acids is 1. The Morgan fingerprint density at radius 3 is 2.33 bits per heavy atom. The van der Waals surface area contributed by atoms with Gasteiger partial charge in [0.25, 0.3) is 0 Å². The fourth-order valence-corrected chi connectivity index (χ4v) is 3.04. The largest absolute Gasteiger partial charge is 0.493 e. The van der Waals surface area contributed by atoms with Gasteiger partial charge in [-0.05, 0) is 42.0 Å². The highest BCUT2D eigenvalue weighted by atomic mass is 16.5. The van der Waals surface area contributed by atoms with Gasteiger partial charge >= 0.3 is 0 Å². The molecule has 0 bridgehead atoms. The molecule has 0 saturated heterocycles. The lowest BCUT2D eigenvalue weighted by Gasteiger charge is -2.25. The van der Waals surface area contributed by atoms with Crippen LogP contribution in [0.25, 0.3) is 0 Å². The van der Waals surface area contributed by atoms with Crippen molar-refractivity contribution in [3.8, 4) is 11.5 Å². The highest BCUT2D eigenvalue weighted by Crippen LogP contribution is 2.28. The molecule has 0 spiro atoms. The fraction of sp³-hybridized carbons (Fsp3) is 0.364. The molecule has 0 radical (unpaired) electrons. The van der Waals surface area contributed by atoms with E-state index in [-0.39, 0.29) is 17.7 Å². The van der Waals surface area contributed by atoms with Crippen molar-refractivity contribution in [2.45, 2.75) is 39.0 Å². The quantitative estimate of drug-likeness (QED) is 0.563. The minimum atomic E-state index is -0.168. The van der Waals surface area contributed by atoms with E-state index in [0.717, 1.165) is 17.7 Å². The maximum Gasteiger partial charge on any atom is 0.244 e. The number of amides is 1. The molecule has 144 valence electrons. The van der Waals surface area contributed by atoms with E-state index in [1.807, 2.05) is 31.2 Å². The van der Waals surface area contributed by atoms with E-state index in [0.29, 0.717) is 11.5 Å². The Bertz CT molecular complexity index is 798. The van der Waals surface area contributed by atoms with Gasteiger partial charge in [0, 0.05) is 5.71 Å². The highest BCUT2D eigenvalue weighted by Gasteiger charge is 2.21. The summed E-state index contributed by atoms with van der Waals surface area (Å²) in [5, 5.41) is 4.27. The zero-order chi connectivity index (χ0) is 19.9. The molecule has 2 aromatic carbocycles. The number of rotatable bonds is 8. The van der Waals surface area contributed by atoms with Crippen LogP contribution in [0.3, 0.4) is 0 Å². The van der Waals surface area contributed by atoms with E-state index < -0.39 is 0 Å². The summed E-state index contributed by atoms with van der Waals surface area (Å²) in [5.74, 6) is 1.07. The Labute approximate surface area is 161 Å². The highest BCUT2D eigenvalue weighted by molar-refractivity contribution is 5.86. The van der Waals surface area contributed by atoms with Gasteiger partial charge in [-0.1, -0.05) is 50.2 Å². The van der Waals surface area contributed by atoms with Gasteiger partial charge in [-0.2, -0.15) is 5.10 Å². The second-order valence-corrected chi connectivity index (χ2v) is 7.17. The molecular weight excluding hydrogens is 340 g/mol. The van der Waals surface area contributed by atoms with Crippen LogP contribution < -0.4 is 14.9 Å². The van der Waals surface area contributed by atoms with Crippen molar-refractivity contribution in [1.82, 2.24) is 5.43 Å². The minimum Gasteiger partial charge on any atom is -0.493 e. The van der Waals surface area contributed by atoms with Crippen LogP contribution >= 0.6 is 0 Å². The summed E-state index contributed by atoms with van der Waals surface area (Å²) < 4.78 is 10.5. The maximum absolute atomic E-state index is 12.2. The summed E-state index contributed by atoms with van der Waals surface area (Å²) in [5.41, 5.74) is 5.56. The Kier molecular flexibility index (Phi) is 6.99. The van der Waals surface area contributed by atoms with Gasteiger partial charge in [-0.25, -0.2) is 5.43 Å². The lowest BCUT2D eigenvalue weighted by atomic mass is 9.80. The third-order valence-electron chi connectivity index (χ3n) is 4.44. The van der Waals surface area contributed by atoms with Gasteiger partial charge in [0.15, 0.2) is 11.5 Å². The molecule has 0 aliphatic rings. The number of ether oxygens (including phenoxy) is 2. The standard InChI is InChI=1S/C22H28N2O3/c1-16(15-22(2,3)18-9-7-6-8-10-18)23-24-21(25)14-17-11-12-19(26-4)20(13-17)27-5/h6-13H,14-15H2,1-5H3,(H,24,25)/b23-16-. The van der Waals surface area contributed by atoms with Crippen LogP contribution in [0.5, 0.6) is 11.5 Å². The number of hydrogen-bond donors (Lipinski definition) is 1. The molecule has 0 unspecified atom stereocenters. The third kappa shape index (κ3) is 5.84. The first-order chi connectivity index (χ1) is 12.9. The molecule has 0 aromatic heterocycles. The molecule has 0 aliphatic heterocycles. The zero-order valence-electron chi connectivity index (χ0n) is 16.7. The number of nitrogens with zero attached hydrogens (tertiary/aromatic N) is 1. The minimum absolute atomic E-state index is 0.0527. The third-order valence-corrected chi connectivity index (χ3v) is 4.44. The van der Waals surface area contributed by atoms with Gasteiger partial charge in [0.05, 0.1) is 20.6 Å². The first-order valence-corrected chi connectivity index (χ1v) is 8.94. The van der Waals surface area contributed by atoms with Crippen LogP contribution in [0.15, 0.2) is 53.6 Å². The van der Waals surface area contributed by atoms with Gasteiger partial charge in [0.1, 0.15) is 0 Å². The van der Waals surface area contributed by atoms with Crippen LogP contribution in [0, 0.1) is 0 Å². The van der Waals surface area contributed by atoms with Crippen molar-refractivity contribution in [1.29, 1.82) is 0 Å². The predicted molar refractivity (Wildman–Crippen MR) is 109 cm³/mol. The van der Waals surface area contributed by atoms with Gasteiger partial charge in [-0.15, -0.1) is 0 Å². The smallest absolute Gasteiger partial charge is 0.244 e. The molecule has 2 aromatic rings. The van der Waals surface area contributed by atoms with Crippen molar-refractivity contribution in [3.63, 3.8) is 0 Å². The van der Waals surface area contributed by atoms with E-state index in [2.05, 4.69) is 36.5 Å². The summed E-state index contributed by atoms with van der Waals surface area (Å²) in [6.07, 6.45) is 0.979. The Balaban J connectivity index is 1.95. The molecule has 0 fully saturated rings. The van der Waals surface area contributed by atoms with Crippen molar-refractivity contribution >= 4 is 11.6 Å². The van der Waals surface area contributed by atoms with E-state index in [9.17, 15) is 4.79 Å². The SMILES string of the molecule is COc1ccc(CC(=O)N/N=C(/C)CC(C)(C)c2ccccc2)cc1OC. The predicted octanol–water partition coefficient (Wildman–Crippen LogP) is 4.11. The molecule has 2 rings (SSSR count). The first-order valence-electron chi connectivity index (χ1n) is 8.94. The van der Waals surface area contributed by atoms with Crippen LogP contribution in [0.4, 0.5) is 0 Å². The fourth-order valence-electron chi connectivity index (χ4n) is 3.04. The molecule has 5 heteroatoms. The number of benzene rings is 2. The second-order valence-electron chi connectivity index (χ2n) is 7.17. The van der Waals surface area contributed by atoms with Gasteiger partial charge in [-0.3, -0.25) is 4.79 Å². The van der Waals surface area contributed by atoms with E-state index in [4.69, 9.17) is 9.47 Å². The van der Waals surface area contributed by atoms with Crippen LogP contribution in [0.2, 0.25) is 0 Å². The lowest BCUT2D eigenvalue weighted by molar-refractivity contribution is -0.120. The van der Waals surface area contributed by atoms with Crippen LogP contribution in [-0.2, 0) is 16.6 Å². The molecule has 0 aliphatic carbocycles. The summed E-state index contributed by atoms with van der Waals surface area (Å²) >= 11 is 0. The van der Waals surface area contributed by atoms with E-state index >= 15 is 0 Å². The van der Waals surface area contributed by atoms with Crippen molar-refractivity contribution in [2.75, 3.05) is 14.2 Å². The summed E-state index contributed by atoms with van der Waals surface area (Å²) in [7, 11) is 3.16. The molecule has 1 N–H and O–H groups in total. The van der Waals surface area contributed by atoms with Crippen LogP contribution in [-0.4, -0.2) is 25.8 Å². The monoisotopic (exact) mass is 368 g/mol. The van der Waals surface area contributed by atoms with Crippen molar-refractivity contribution in [2.24, 2.45) is 5.10 Å². The number of hydrazone groups is 1. The number of nitrogens with one attached hydrogen (secondary N) is 1. The topological polar surface area (TPSA) is 59.9 Å². The summed E-state index contributed by atoms with van der Waals surface area (Å²) in [6.45, 7) is 6.28. The normalized spacial score (nSPS) is 11.8. The van der Waals surface area contributed by atoms with Crippen molar-refractivity contribution in [3.05, 3.63) is 59.7 Å². The average Bonchev–Trinajstić information content (AvgIpc) is 2.66.